The zero-order valence-corrected chi connectivity index (χ0v) is 23.0. The minimum absolute atomic E-state index is 0.0765. The van der Waals surface area contributed by atoms with E-state index in [-0.39, 0.29) is 23.0 Å². The summed E-state index contributed by atoms with van der Waals surface area (Å²) in [5.74, 6) is 0.275. The van der Waals surface area contributed by atoms with E-state index in [1.165, 1.54) is 0 Å². The second kappa shape index (κ2) is 10.8. The molecule has 0 bridgehead atoms. The van der Waals surface area contributed by atoms with Gasteiger partial charge in [-0.3, -0.25) is 9.78 Å². The number of hydrogen-bond donors (Lipinski definition) is 2. The number of anilines is 4. The highest BCUT2D eigenvalue weighted by molar-refractivity contribution is 6.07. The standard InChI is InChI=1S/C27H38N8O4/c1-26(2,3)39-25(37)34-9-5-27(6-10-34)7-11-35(18-27)21-17-30-23(28)22(32-21)24(36)31-19-16-29-8-4-20(19)33-12-14-38-15-13-33/h4,8,16-17H,5-7,9-15,18H2,1-3H3,(H2,28,30)(H,31,36). The van der Waals surface area contributed by atoms with Crippen molar-refractivity contribution in [3.05, 3.63) is 30.4 Å². The van der Waals surface area contributed by atoms with Crippen LogP contribution in [0, 0.1) is 5.41 Å². The molecule has 3 saturated heterocycles. The quantitative estimate of drug-likeness (QED) is 0.597. The highest BCUT2D eigenvalue weighted by Gasteiger charge is 2.42. The summed E-state index contributed by atoms with van der Waals surface area (Å²) < 4.78 is 11.0. The molecule has 5 rings (SSSR count). The molecule has 0 aromatic carbocycles. The van der Waals surface area contributed by atoms with Gasteiger partial charge in [0, 0.05) is 45.5 Å². The second-order valence-corrected chi connectivity index (χ2v) is 11.5. The molecule has 12 heteroatoms. The molecule has 3 N–H and O–H groups in total. The lowest BCUT2D eigenvalue weighted by molar-refractivity contribution is 0.0122. The molecule has 0 saturated carbocycles. The fraction of sp³-hybridized carbons (Fsp3) is 0.593. The summed E-state index contributed by atoms with van der Waals surface area (Å²) in [7, 11) is 0. The number of carbonyl (C=O) groups is 2. The van der Waals surface area contributed by atoms with Crippen LogP contribution in [0.1, 0.15) is 50.5 Å². The zero-order valence-electron chi connectivity index (χ0n) is 23.0. The molecule has 3 fully saturated rings. The van der Waals surface area contributed by atoms with Crippen LogP contribution in [0.25, 0.3) is 0 Å². The van der Waals surface area contributed by atoms with Gasteiger partial charge in [-0.25, -0.2) is 14.8 Å². The maximum Gasteiger partial charge on any atom is 0.410 e. The molecule has 1 spiro atoms. The summed E-state index contributed by atoms with van der Waals surface area (Å²) in [6, 6.07) is 1.88. The maximum atomic E-state index is 13.3. The third kappa shape index (κ3) is 6.16. The van der Waals surface area contributed by atoms with Crippen LogP contribution in [0.5, 0.6) is 0 Å². The summed E-state index contributed by atoms with van der Waals surface area (Å²) in [5, 5.41) is 2.94. The minimum Gasteiger partial charge on any atom is -0.444 e. The lowest BCUT2D eigenvalue weighted by Crippen LogP contribution is -2.46. The Morgan fingerprint density at radius 3 is 2.49 bits per heavy atom. The van der Waals surface area contributed by atoms with E-state index in [0.29, 0.717) is 37.8 Å². The molecule has 0 unspecified atom stereocenters. The van der Waals surface area contributed by atoms with Crippen LogP contribution < -0.4 is 20.9 Å². The molecule has 12 nitrogen and oxygen atoms in total. The number of aromatic nitrogens is 3. The topological polar surface area (TPSA) is 139 Å². The van der Waals surface area contributed by atoms with E-state index in [0.717, 1.165) is 51.1 Å². The van der Waals surface area contributed by atoms with Gasteiger partial charge in [0.1, 0.15) is 11.4 Å². The average Bonchev–Trinajstić information content (AvgIpc) is 3.32. The van der Waals surface area contributed by atoms with Crippen LogP contribution in [-0.2, 0) is 9.47 Å². The number of nitrogens with two attached hydrogens (primary N) is 1. The van der Waals surface area contributed by atoms with E-state index in [2.05, 4.69) is 30.1 Å². The Morgan fingerprint density at radius 2 is 1.77 bits per heavy atom. The highest BCUT2D eigenvalue weighted by atomic mass is 16.6. The van der Waals surface area contributed by atoms with Crippen molar-refractivity contribution >= 4 is 35.0 Å². The van der Waals surface area contributed by atoms with Crippen LogP contribution in [0.3, 0.4) is 0 Å². The van der Waals surface area contributed by atoms with Crippen molar-refractivity contribution in [2.75, 3.05) is 73.3 Å². The van der Waals surface area contributed by atoms with Crippen molar-refractivity contribution in [2.45, 2.75) is 45.6 Å². The predicted molar refractivity (Wildman–Crippen MR) is 148 cm³/mol. The first-order chi connectivity index (χ1) is 18.6. The van der Waals surface area contributed by atoms with Crippen molar-refractivity contribution in [3.63, 3.8) is 0 Å². The Morgan fingerprint density at radius 1 is 1.05 bits per heavy atom. The molecule has 0 aliphatic carbocycles. The van der Waals surface area contributed by atoms with Gasteiger partial charge >= 0.3 is 6.09 Å². The lowest BCUT2D eigenvalue weighted by atomic mass is 9.78. The van der Waals surface area contributed by atoms with E-state index in [4.69, 9.17) is 15.2 Å². The van der Waals surface area contributed by atoms with Crippen LogP contribution in [-0.4, -0.2) is 89.9 Å². The van der Waals surface area contributed by atoms with Crippen LogP contribution in [0.15, 0.2) is 24.7 Å². The van der Waals surface area contributed by atoms with E-state index in [1.807, 2.05) is 26.8 Å². The van der Waals surface area contributed by atoms with Gasteiger partial charge < -0.3 is 35.2 Å². The van der Waals surface area contributed by atoms with Gasteiger partial charge in [-0.2, -0.15) is 0 Å². The molecule has 39 heavy (non-hydrogen) atoms. The second-order valence-electron chi connectivity index (χ2n) is 11.5. The smallest absolute Gasteiger partial charge is 0.410 e. The monoisotopic (exact) mass is 538 g/mol. The molecule has 3 aliphatic rings. The van der Waals surface area contributed by atoms with Crippen molar-refractivity contribution in [3.8, 4) is 0 Å². The van der Waals surface area contributed by atoms with E-state index in [9.17, 15) is 9.59 Å². The number of nitrogen functional groups attached to an aromatic ring is 1. The third-order valence-corrected chi connectivity index (χ3v) is 7.64. The van der Waals surface area contributed by atoms with Gasteiger partial charge in [-0.15, -0.1) is 0 Å². The Kier molecular flexibility index (Phi) is 7.48. The fourth-order valence-corrected chi connectivity index (χ4v) is 5.48. The van der Waals surface area contributed by atoms with Gasteiger partial charge in [-0.05, 0) is 51.5 Å². The van der Waals surface area contributed by atoms with Gasteiger partial charge in [0.2, 0.25) is 0 Å². The van der Waals surface area contributed by atoms with Gasteiger partial charge in [0.05, 0.1) is 37.0 Å². The Hall–Kier alpha value is -3.67. The van der Waals surface area contributed by atoms with Crippen LogP contribution in [0.4, 0.5) is 27.8 Å². The SMILES string of the molecule is CC(C)(C)OC(=O)N1CCC2(CC1)CCN(c1cnc(N)c(C(=O)Nc3cnccc3N3CCOCC3)n1)C2. The van der Waals surface area contributed by atoms with Crippen LogP contribution in [0.2, 0.25) is 0 Å². The van der Waals surface area contributed by atoms with E-state index >= 15 is 0 Å². The molecule has 0 radical (unpaired) electrons. The summed E-state index contributed by atoms with van der Waals surface area (Å²) in [6.45, 7) is 11.3. The van der Waals surface area contributed by atoms with Crippen molar-refractivity contribution in [1.29, 1.82) is 0 Å². The number of nitrogens with zero attached hydrogens (tertiary/aromatic N) is 6. The molecule has 3 aliphatic heterocycles. The molecule has 5 heterocycles. The summed E-state index contributed by atoms with van der Waals surface area (Å²) in [6.07, 6.45) is 7.48. The molecule has 210 valence electrons. The molecule has 0 atom stereocenters. The average molecular weight is 539 g/mol. The number of amides is 2. The Bertz CT molecular complexity index is 1200. The fourth-order valence-electron chi connectivity index (χ4n) is 5.48. The molecular formula is C27H38N8O4. The Balaban J connectivity index is 1.24. The first-order valence-corrected chi connectivity index (χ1v) is 13.6. The number of piperidine rings is 1. The number of carbonyl (C=O) groups excluding carboxylic acids is 2. The highest BCUT2D eigenvalue weighted by Crippen LogP contribution is 2.42. The number of rotatable bonds is 4. The first kappa shape index (κ1) is 26.9. The van der Waals surface area contributed by atoms with Crippen molar-refractivity contribution in [2.24, 2.45) is 5.41 Å². The number of likely N-dealkylation sites (tertiary alicyclic amines) is 1. The van der Waals surface area contributed by atoms with Crippen molar-refractivity contribution < 1.29 is 19.1 Å². The number of nitrogens with one attached hydrogen (secondary N) is 1. The lowest BCUT2D eigenvalue weighted by Gasteiger charge is -2.39. The van der Waals surface area contributed by atoms with Crippen LogP contribution >= 0.6 is 0 Å². The third-order valence-electron chi connectivity index (χ3n) is 7.64. The molecule has 2 aromatic rings. The Labute approximate surface area is 228 Å². The first-order valence-electron chi connectivity index (χ1n) is 13.6. The zero-order chi connectivity index (χ0) is 27.6. The largest absolute Gasteiger partial charge is 0.444 e. The van der Waals surface area contributed by atoms with E-state index < -0.39 is 11.5 Å². The maximum absolute atomic E-state index is 13.3. The molecular weight excluding hydrogens is 500 g/mol. The number of hydrogen-bond acceptors (Lipinski definition) is 10. The number of morpholine rings is 1. The normalized spacial score (nSPS) is 19.3. The number of pyridine rings is 1. The minimum atomic E-state index is -0.505. The summed E-state index contributed by atoms with van der Waals surface area (Å²) >= 11 is 0. The van der Waals surface area contributed by atoms with E-state index in [1.54, 1.807) is 23.5 Å². The summed E-state index contributed by atoms with van der Waals surface area (Å²) in [5.41, 5.74) is 7.24. The van der Waals surface area contributed by atoms with Gasteiger partial charge in [-0.1, -0.05) is 0 Å². The predicted octanol–water partition coefficient (Wildman–Crippen LogP) is 2.77. The molecule has 2 aromatic heterocycles. The molecule has 2 amide bonds. The number of ether oxygens (including phenoxy) is 2. The van der Waals surface area contributed by atoms with Gasteiger partial charge in [0.25, 0.3) is 5.91 Å². The summed E-state index contributed by atoms with van der Waals surface area (Å²) in [4.78, 5) is 45.0. The van der Waals surface area contributed by atoms with Gasteiger partial charge in [0.15, 0.2) is 11.5 Å². The van der Waals surface area contributed by atoms with Crippen molar-refractivity contribution in [1.82, 2.24) is 19.9 Å².